The van der Waals surface area contributed by atoms with Crippen molar-refractivity contribution < 1.29 is 19.1 Å². The number of nitrogens with one attached hydrogen (secondary N) is 2. The molecule has 0 radical (unpaired) electrons. The molecule has 10 nitrogen and oxygen atoms in total. The molecule has 0 bridgehead atoms. The SMILES string of the molecule is Cc1nc(C(N)=O)c(Nc2cccc(CCNC(=O)[C@H](C)N(C)C(=O)OC(C)(C)C)c2)nc1C1CC1. The summed E-state index contributed by atoms with van der Waals surface area (Å²) >= 11 is 0. The van der Waals surface area contributed by atoms with Crippen LogP contribution >= 0.6 is 0 Å². The molecule has 194 valence electrons. The third kappa shape index (κ3) is 7.16. The number of carbonyl (C=O) groups is 3. The van der Waals surface area contributed by atoms with Gasteiger partial charge in [0.1, 0.15) is 11.6 Å². The van der Waals surface area contributed by atoms with E-state index in [4.69, 9.17) is 10.5 Å². The van der Waals surface area contributed by atoms with Gasteiger partial charge in [-0.15, -0.1) is 0 Å². The minimum absolute atomic E-state index is 0.109. The highest BCUT2D eigenvalue weighted by Gasteiger charge is 2.29. The van der Waals surface area contributed by atoms with Crippen molar-refractivity contribution in [2.45, 2.75) is 71.4 Å². The molecule has 1 aliphatic rings. The van der Waals surface area contributed by atoms with E-state index in [1.54, 1.807) is 27.7 Å². The summed E-state index contributed by atoms with van der Waals surface area (Å²) in [6.07, 6.45) is 2.15. The van der Waals surface area contributed by atoms with E-state index >= 15 is 0 Å². The molecule has 1 aromatic heterocycles. The average molecular weight is 497 g/mol. The first-order valence-electron chi connectivity index (χ1n) is 12.1. The summed E-state index contributed by atoms with van der Waals surface area (Å²) in [5.41, 5.74) is 8.34. The van der Waals surface area contributed by atoms with Crippen molar-refractivity contribution in [2.75, 3.05) is 18.9 Å². The van der Waals surface area contributed by atoms with Gasteiger partial charge < -0.3 is 21.1 Å². The fraction of sp³-hybridized carbons (Fsp3) is 0.500. The number of ether oxygens (including phenoxy) is 1. The third-order valence-electron chi connectivity index (χ3n) is 5.85. The lowest BCUT2D eigenvalue weighted by Crippen LogP contribution is -2.47. The van der Waals surface area contributed by atoms with Gasteiger partial charge in [-0.1, -0.05) is 12.1 Å². The Balaban J connectivity index is 1.60. The van der Waals surface area contributed by atoms with E-state index in [0.717, 1.165) is 35.5 Å². The zero-order chi connectivity index (χ0) is 26.6. The number of hydrogen-bond acceptors (Lipinski definition) is 7. The smallest absolute Gasteiger partial charge is 0.410 e. The molecule has 3 amide bonds. The summed E-state index contributed by atoms with van der Waals surface area (Å²) in [5.74, 6) is -0.183. The second kappa shape index (κ2) is 10.9. The molecule has 0 aliphatic heterocycles. The third-order valence-corrected chi connectivity index (χ3v) is 5.85. The molecular formula is C26H36N6O4. The number of carbonyl (C=O) groups excluding carboxylic acids is 3. The number of amides is 3. The van der Waals surface area contributed by atoms with Crippen LogP contribution in [-0.4, -0.2) is 58.0 Å². The number of aryl methyl sites for hydroxylation is 1. The van der Waals surface area contributed by atoms with Gasteiger partial charge in [-0.3, -0.25) is 14.5 Å². The van der Waals surface area contributed by atoms with Crippen LogP contribution in [0.15, 0.2) is 24.3 Å². The van der Waals surface area contributed by atoms with E-state index < -0.39 is 23.6 Å². The Labute approximate surface area is 212 Å². The monoisotopic (exact) mass is 496 g/mol. The number of nitrogens with two attached hydrogens (primary N) is 1. The van der Waals surface area contributed by atoms with E-state index in [2.05, 4.69) is 20.6 Å². The molecule has 1 atom stereocenters. The van der Waals surface area contributed by atoms with Gasteiger partial charge in [0.15, 0.2) is 11.5 Å². The Morgan fingerprint density at radius 2 is 1.92 bits per heavy atom. The summed E-state index contributed by atoms with van der Waals surface area (Å²) in [4.78, 5) is 47.0. The number of rotatable bonds is 9. The maximum absolute atomic E-state index is 12.5. The van der Waals surface area contributed by atoms with E-state index in [1.165, 1.54) is 11.9 Å². The lowest BCUT2D eigenvalue weighted by atomic mass is 10.1. The lowest BCUT2D eigenvalue weighted by molar-refractivity contribution is -0.125. The molecule has 0 unspecified atom stereocenters. The lowest BCUT2D eigenvalue weighted by Gasteiger charge is -2.28. The van der Waals surface area contributed by atoms with Crippen LogP contribution in [0.4, 0.5) is 16.3 Å². The molecule has 10 heteroatoms. The quantitative estimate of drug-likeness (QED) is 0.483. The summed E-state index contributed by atoms with van der Waals surface area (Å²) in [7, 11) is 1.54. The Bertz CT molecular complexity index is 1140. The molecule has 4 N–H and O–H groups in total. The number of primary amides is 1. The van der Waals surface area contributed by atoms with Gasteiger partial charge in [0.05, 0.1) is 11.4 Å². The summed E-state index contributed by atoms with van der Waals surface area (Å²) < 4.78 is 5.32. The van der Waals surface area contributed by atoms with Crippen LogP contribution in [0.25, 0.3) is 0 Å². The first-order valence-corrected chi connectivity index (χ1v) is 12.1. The predicted molar refractivity (Wildman–Crippen MR) is 137 cm³/mol. The Kier molecular flexibility index (Phi) is 8.17. The highest BCUT2D eigenvalue weighted by atomic mass is 16.6. The van der Waals surface area contributed by atoms with Crippen LogP contribution in [0, 0.1) is 6.92 Å². The highest BCUT2D eigenvalue weighted by molar-refractivity contribution is 5.96. The molecular weight excluding hydrogens is 460 g/mol. The van der Waals surface area contributed by atoms with Crippen molar-refractivity contribution in [2.24, 2.45) is 5.73 Å². The van der Waals surface area contributed by atoms with Crippen molar-refractivity contribution >= 4 is 29.4 Å². The van der Waals surface area contributed by atoms with E-state index in [9.17, 15) is 14.4 Å². The van der Waals surface area contributed by atoms with Gasteiger partial charge >= 0.3 is 6.09 Å². The van der Waals surface area contributed by atoms with Crippen molar-refractivity contribution in [3.8, 4) is 0 Å². The van der Waals surface area contributed by atoms with Crippen LogP contribution in [0.1, 0.15) is 73.9 Å². The molecule has 1 fully saturated rings. The number of anilines is 2. The summed E-state index contributed by atoms with van der Waals surface area (Å²) in [5, 5.41) is 6.05. The number of benzene rings is 1. The molecule has 2 aromatic rings. The second-order valence-corrected chi connectivity index (χ2v) is 10.2. The van der Waals surface area contributed by atoms with Crippen molar-refractivity contribution in [1.82, 2.24) is 20.2 Å². The van der Waals surface area contributed by atoms with E-state index in [0.29, 0.717) is 24.7 Å². The van der Waals surface area contributed by atoms with Crippen LogP contribution < -0.4 is 16.4 Å². The molecule has 0 spiro atoms. The molecule has 3 rings (SSSR count). The van der Waals surface area contributed by atoms with E-state index in [-0.39, 0.29) is 11.6 Å². The van der Waals surface area contributed by atoms with Gasteiger partial charge in [0.25, 0.3) is 5.91 Å². The number of hydrogen-bond donors (Lipinski definition) is 3. The van der Waals surface area contributed by atoms with Gasteiger partial charge in [0.2, 0.25) is 5.91 Å². The first kappa shape index (κ1) is 26.9. The fourth-order valence-electron chi connectivity index (χ4n) is 3.62. The molecule has 36 heavy (non-hydrogen) atoms. The minimum atomic E-state index is -0.680. The molecule has 0 saturated heterocycles. The summed E-state index contributed by atoms with van der Waals surface area (Å²) in [6.45, 7) is 9.21. The zero-order valence-electron chi connectivity index (χ0n) is 21.8. The Morgan fingerprint density at radius 3 is 2.53 bits per heavy atom. The van der Waals surface area contributed by atoms with Crippen LogP contribution in [0.2, 0.25) is 0 Å². The second-order valence-electron chi connectivity index (χ2n) is 10.2. The van der Waals surface area contributed by atoms with E-state index in [1.807, 2.05) is 31.2 Å². The molecule has 1 aromatic carbocycles. The fourth-order valence-corrected chi connectivity index (χ4v) is 3.62. The number of nitrogens with zero attached hydrogens (tertiary/aromatic N) is 3. The predicted octanol–water partition coefficient (Wildman–Crippen LogP) is 3.42. The largest absolute Gasteiger partial charge is 0.444 e. The Morgan fingerprint density at radius 1 is 1.22 bits per heavy atom. The van der Waals surface area contributed by atoms with Crippen molar-refractivity contribution in [1.29, 1.82) is 0 Å². The molecule has 1 aliphatic carbocycles. The Hall–Kier alpha value is -3.69. The number of aromatic nitrogens is 2. The first-order chi connectivity index (χ1) is 16.9. The van der Waals surface area contributed by atoms with Gasteiger partial charge in [-0.2, -0.15) is 0 Å². The highest BCUT2D eigenvalue weighted by Crippen LogP contribution is 2.41. The average Bonchev–Trinajstić information content (AvgIpc) is 3.63. The number of likely N-dealkylation sites (N-methyl/N-ethyl adjacent to an activating group) is 1. The summed E-state index contributed by atoms with van der Waals surface area (Å²) in [6, 6.07) is 6.93. The standard InChI is InChI=1S/C26H36N6O4/c1-15-20(18-10-11-18)31-23(21(29-15)22(27)33)30-19-9-7-8-17(14-19)12-13-28-24(34)16(2)32(6)25(35)36-26(3,4)5/h7-9,14,16,18H,10-13H2,1-6H3,(H2,27,33)(H,28,34)(H,30,31)/t16-/m0/s1. The maximum atomic E-state index is 12.5. The van der Waals surface area contributed by atoms with Gasteiger partial charge in [-0.05, 0) is 71.6 Å². The normalized spacial score (nSPS) is 14.1. The van der Waals surface area contributed by atoms with Gasteiger partial charge in [0, 0.05) is 25.2 Å². The van der Waals surface area contributed by atoms with Crippen LogP contribution in [-0.2, 0) is 16.0 Å². The van der Waals surface area contributed by atoms with Gasteiger partial charge in [-0.25, -0.2) is 14.8 Å². The minimum Gasteiger partial charge on any atom is -0.444 e. The topological polar surface area (TPSA) is 140 Å². The van der Waals surface area contributed by atoms with Crippen molar-refractivity contribution in [3.05, 3.63) is 46.9 Å². The van der Waals surface area contributed by atoms with Crippen molar-refractivity contribution in [3.63, 3.8) is 0 Å². The van der Waals surface area contributed by atoms with Crippen LogP contribution in [0.5, 0.6) is 0 Å². The maximum Gasteiger partial charge on any atom is 0.410 e. The van der Waals surface area contributed by atoms with Crippen LogP contribution in [0.3, 0.4) is 0 Å². The molecule has 1 saturated carbocycles. The molecule has 1 heterocycles. The zero-order valence-corrected chi connectivity index (χ0v) is 21.8.